The highest BCUT2D eigenvalue weighted by molar-refractivity contribution is 5.60. The first-order valence-corrected chi connectivity index (χ1v) is 3.93. The molecule has 2 aromatic rings. The number of imidazole rings is 1. The third kappa shape index (κ3) is 1.47. The van der Waals surface area contributed by atoms with Crippen LogP contribution in [0.25, 0.3) is 11.3 Å². The average molecular weight is 216 g/mol. The molecule has 6 heteroatoms. The Hall–Kier alpha value is -1.85. The van der Waals surface area contributed by atoms with Gasteiger partial charge >= 0.3 is 0 Å². The molecule has 0 saturated carbocycles. The van der Waals surface area contributed by atoms with E-state index in [9.17, 15) is 17.6 Å². The smallest absolute Gasteiger partial charge is 0.171 e. The largest absolute Gasteiger partial charge is 0.344 e. The van der Waals surface area contributed by atoms with Gasteiger partial charge in [-0.05, 0) is 0 Å². The van der Waals surface area contributed by atoms with E-state index in [0.29, 0.717) is 0 Å². The van der Waals surface area contributed by atoms with Crippen LogP contribution in [0.3, 0.4) is 0 Å². The summed E-state index contributed by atoms with van der Waals surface area (Å²) in [7, 11) is 0. The molecular weight excluding hydrogens is 212 g/mol. The van der Waals surface area contributed by atoms with Crippen LogP contribution in [-0.4, -0.2) is 9.97 Å². The number of halogens is 4. The van der Waals surface area contributed by atoms with Gasteiger partial charge in [0.2, 0.25) is 0 Å². The molecule has 2 rings (SSSR count). The van der Waals surface area contributed by atoms with Crippen LogP contribution in [-0.2, 0) is 0 Å². The Morgan fingerprint density at radius 1 is 1.00 bits per heavy atom. The van der Waals surface area contributed by atoms with Gasteiger partial charge in [0.05, 0.1) is 23.8 Å². The molecule has 1 aromatic carbocycles. The molecule has 0 bridgehead atoms. The Morgan fingerprint density at radius 2 is 1.60 bits per heavy atom. The maximum Gasteiger partial charge on any atom is 0.171 e. The molecule has 0 radical (unpaired) electrons. The molecule has 0 amide bonds. The average Bonchev–Trinajstić information content (AvgIpc) is 2.69. The van der Waals surface area contributed by atoms with Crippen molar-refractivity contribution in [2.24, 2.45) is 0 Å². The number of H-pyrrole nitrogens is 1. The summed E-state index contributed by atoms with van der Waals surface area (Å²) in [6.07, 6.45) is 2.22. The summed E-state index contributed by atoms with van der Waals surface area (Å²) in [4.78, 5) is 5.87. The van der Waals surface area contributed by atoms with E-state index in [1.165, 1.54) is 0 Å². The van der Waals surface area contributed by atoms with Crippen molar-refractivity contribution >= 4 is 0 Å². The summed E-state index contributed by atoms with van der Waals surface area (Å²) in [5, 5.41) is 0. The maximum absolute atomic E-state index is 13.2. The summed E-state index contributed by atoms with van der Waals surface area (Å²) in [6, 6.07) is 0.157. The number of hydrogen-bond donors (Lipinski definition) is 1. The summed E-state index contributed by atoms with van der Waals surface area (Å²) >= 11 is 0. The lowest BCUT2D eigenvalue weighted by Crippen LogP contribution is -1.98. The summed E-state index contributed by atoms with van der Waals surface area (Å²) in [5.41, 5.74) is -0.909. The van der Waals surface area contributed by atoms with Gasteiger partial charge in [-0.2, -0.15) is 0 Å². The van der Waals surface area contributed by atoms with Gasteiger partial charge in [0.1, 0.15) is 0 Å². The van der Waals surface area contributed by atoms with Crippen LogP contribution in [0.5, 0.6) is 0 Å². The molecule has 0 aliphatic carbocycles. The number of nitrogens with one attached hydrogen (secondary N) is 1. The van der Waals surface area contributed by atoms with Crippen molar-refractivity contribution in [3.05, 3.63) is 41.9 Å². The number of nitrogens with zero attached hydrogens (tertiary/aromatic N) is 1. The number of benzene rings is 1. The van der Waals surface area contributed by atoms with Gasteiger partial charge in [0.25, 0.3) is 0 Å². The number of aromatic amines is 1. The molecule has 15 heavy (non-hydrogen) atoms. The second kappa shape index (κ2) is 3.38. The van der Waals surface area contributed by atoms with Crippen LogP contribution in [0, 0.1) is 23.3 Å². The second-order valence-corrected chi connectivity index (χ2v) is 2.81. The minimum absolute atomic E-state index is 0.122. The summed E-state index contributed by atoms with van der Waals surface area (Å²) in [6.45, 7) is 0. The fourth-order valence-electron chi connectivity index (χ4n) is 1.20. The van der Waals surface area contributed by atoms with Gasteiger partial charge in [-0.25, -0.2) is 22.5 Å². The van der Waals surface area contributed by atoms with Crippen LogP contribution < -0.4 is 0 Å². The highest BCUT2D eigenvalue weighted by Gasteiger charge is 2.20. The number of hydrogen-bond acceptors (Lipinski definition) is 1. The highest BCUT2D eigenvalue weighted by Crippen LogP contribution is 2.27. The molecule has 0 atom stereocenters. The van der Waals surface area contributed by atoms with Crippen molar-refractivity contribution < 1.29 is 17.6 Å². The van der Waals surface area contributed by atoms with E-state index < -0.39 is 28.8 Å². The van der Waals surface area contributed by atoms with Crippen LogP contribution >= 0.6 is 0 Å². The molecule has 1 aromatic heterocycles. The van der Waals surface area contributed by atoms with Crippen molar-refractivity contribution in [3.63, 3.8) is 0 Å². The first-order chi connectivity index (χ1) is 7.11. The quantitative estimate of drug-likeness (QED) is 0.576. The Kier molecular flexibility index (Phi) is 2.18. The number of aromatic nitrogens is 2. The van der Waals surface area contributed by atoms with E-state index in [-0.39, 0.29) is 11.8 Å². The van der Waals surface area contributed by atoms with Crippen LogP contribution in [0.15, 0.2) is 18.6 Å². The zero-order chi connectivity index (χ0) is 11.0. The number of rotatable bonds is 1. The van der Waals surface area contributed by atoms with Crippen molar-refractivity contribution in [3.8, 4) is 11.3 Å². The van der Waals surface area contributed by atoms with Crippen LogP contribution in [0.2, 0.25) is 0 Å². The van der Waals surface area contributed by atoms with E-state index in [1.807, 2.05) is 0 Å². The van der Waals surface area contributed by atoms with Crippen LogP contribution in [0.4, 0.5) is 17.6 Å². The topological polar surface area (TPSA) is 28.7 Å². The summed E-state index contributed by atoms with van der Waals surface area (Å²) < 4.78 is 51.9. The molecule has 2 nitrogen and oxygen atoms in total. The molecule has 0 spiro atoms. The van der Waals surface area contributed by atoms with Crippen molar-refractivity contribution in [2.75, 3.05) is 0 Å². The normalized spacial score (nSPS) is 10.7. The Labute approximate surface area is 81.6 Å². The summed E-state index contributed by atoms with van der Waals surface area (Å²) in [5.74, 6) is -5.78. The third-order valence-corrected chi connectivity index (χ3v) is 1.88. The van der Waals surface area contributed by atoms with Gasteiger partial charge in [0.15, 0.2) is 23.3 Å². The SMILES string of the molecule is Fc1cc(F)c(F)c(-c2cnc[nH]2)c1F. The molecule has 0 aliphatic heterocycles. The predicted octanol–water partition coefficient (Wildman–Crippen LogP) is 2.63. The first kappa shape index (κ1) is 9.70. The Morgan fingerprint density at radius 3 is 2.07 bits per heavy atom. The molecule has 0 saturated heterocycles. The first-order valence-electron chi connectivity index (χ1n) is 3.93. The van der Waals surface area contributed by atoms with Gasteiger partial charge in [-0.3, -0.25) is 0 Å². The van der Waals surface area contributed by atoms with Crippen molar-refractivity contribution in [2.45, 2.75) is 0 Å². The van der Waals surface area contributed by atoms with Gasteiger partial charge in [-0.15, -0.1) is 0 Å². The van der Waals surface area contributed by atoms with E-state index in [0.717, 1.165) is 12.5 Å². The Bertz CT molecular complexity index is 467. The molecule has 1 N–H and O–H groups in total. The van der Waals surface area contributed by atoms with Gasteiger partial charge < -0.3 is 4.98 Å². The highest BCUT2D eigenvalue weighted by atomic mass is 19.2. The molecule has 78 valence electrons. The van der Waals surface area contributed by atoms with E-state index in [2.05, 4.69) is 9.97 Å². The second-order valence-electron chi connectivity index (χ2n) is 2.81. The minimum atomic E-state index is -1.45. The fourth-order valence-corrected chi connectivity index (χ4v) is 1.20. The minimum Gasteiger partial charge on any atom is -0.344 e. The predicted molar refractivity (Wildman–Crippen MR) is 43.9 cm³/mol. The van der Waals surface area contributed by atoms with E-state index in [4.69, 9.17) is 0 Å². The lowest BCUT2D eigenvalue weighted by atomic mass is 10.1. The van der Waals surface area contributed by atoms with E-state index in [1.54, 1.807) is 0 Å². The van der Waals surface area contributed by atoms with Crippen LogP contribution in [0.1, 0.15) is 0 Å². The molecule has 0 unspecified atom stereocenters. The lowest BCUT2D eigenvalue weighted by molar-refractivity contribution is 0.458. The standard InChI is InChI=1S/C9H4F4N2/c10-4-1-5(11)9(13)7(8(4)12)6-2-14-3-15-6/h1-3H,(H,14,15). The van der Waals surface area contributed by atoms with Crippen molar-refractivity contribution in [1.82, 2.24) is 9.97 Å². The van der Waals surface area contributed by atoms with E-state index >= 15 is 0 Å². The fraction of sp³-hybridized carbons (Fsp3) is 0. The van der Waals surface area contributed by atoms with Gasteiger partial charge in [0, 0.05) is 6.07 Å². The van der Waals surface area contributed by atoms with Gasteiger partial charge in [-0.1, -0.05) is 0 Å². The Balaban J connectivity index is 2.75. The zero-order valence-corrected chi connectivity index (χ0v) is 7.19. The molecule has 0 fully saturated rings. The molecule has 1 heterocycles. The zero-order valence-electron chi connectivity index (χ0n) is 7.19. The van der Waals surface area contributed by atoms with Crippen molar-refractivity contribution in [1.29, 1.82) is 0 Å². The molecule has 0 aliphatic rings. The molecular formula is C9H4F4N2. The maximum atomic E-state index is 13.2. The monoisotopic (exact) mass is 216 g/mol. The lowest BCUT2D eigenvalue weighted by Gasteiger charge is -2.03. The third-order valence-electron chi connectivity index (χ3n) is 1.88.